The van der Waals surface area contributed by atoms with E-state index in [2.05, 4.69) is 16.0 Å². The molecule has 7 nitrogen and oxygen atoms in total. The maximum atomic E-state index is 12.6. The lowest BCUT2D eigenvalue weighted by atomic mass is 10.0. The standard InChI is InChI=1S/C21H26N4O3/c1-13(2)18(25-19(26)16-6-4-5-14(3)11-16)20(27)23-12-15-7-9-17(10-8-15)24-21(22)28/h4-11,13,18H,12H2,1-3H3,(H,23,27)(H,25,26)(H3,22,24,28). The highest BCUT2D eigenvalue weighted by Gasteiger charge is 2.24. The maximum absolute atomic E-state index is 12.6. The number of nitrogens with two attached hydrogens (primary N) is 1. The Labute approximate surface area is 164 Å². The Morgan fingerprint density at radius 2 is 1.71 bits per heavy atom. The van der Waals surface area contributed by atoms with Gasteiger partial charge in [-0.15, -0.1) is 0 Å². The Hall–Kier alpha value is -3.35. The first-order valence-corrected chi connectivity index (χ1v) is 9.07. The summed E-state index contributed by atoms with van der Waals surface area (Å²) < 4.78 is 0. The average molecular weight is 382 g/mol. The average Bonchev–Trinajstić information content (AvgIpc) is 2.64. The van der Waals surface area contributed by atoms with Crippen LogP contribution in [0.2, 0.25) is 0 Å². The van der Waals surface area contributed by atoms with Gasteiger partial charge in [0.2, 0.25) is 5.91 Å². The molecule has 0 heterocycles. The van der Waals surface area contributed by atoms with Crippen LogP contribution in [0.4, 0.5) is 10.5 Å². The number of primary amides is 1. The molecule has 148 valence electrons. The van der Waals surface area contributed by atoms with Gasteiger partial charge in [0.05, 0.1) is 0 Å². The van der Waals surface area contributed by atoms with E-state index in [1.165, 1.54) is 0 Å². The van der Waals surface area contributed by atoms with Crippen LogP contribution in [-0.2, 0) is 11.3 Å². The van der Waals surface area contributed by atoms with Crippen molar-refractivity contribution in [2.45, 2.75) is 33.4 Å². The number of amides is 4. The van der Waals surface area contributed by atoms with Gasteiger partial charge >= 0.3 is 6.03 Å². The van der Waals surface area contributed by atoms with Crippen LogP contribution in [0.3, 0.4) is 0 Å². The Kier molecular flexibility index (Phi) is 7.14. The minimum absolute atomic E-state index is 0.0732. The van der Waals surface area contributed by atoms with Gasteiger partial charge in [0.1, 0.15) is 6.04 Å². The summed E-state index contributed by atoms with van der Waals surface area (Å²) >= 11 is 0. The van der Waals surface area contributed by atoms with E-state index in [0.29, 0.717) is 17.8 Å². The summed E-state index contributed by atoms with van der Waals surface area (Å²) in [6, 6.07) is 12.9. The number of benzene rings is 2. The number of hydrogen-bond donors (Lipinski definition) is 4. The van der Waals surface area contributed by atoms with Crippen molar-refractivity contribution in [3.8, 4) is 0 Å². The first-order chi connectivity index (χ1) is 13.3. The third kappa shape index (κ3) is 6.12. The molecule has 7 heteroatoms. The van der Waals surface area contributed by atoms with Gasteiger partial charge in [-0.1, -0.05) is 43.7 Å². The molecule has 0 saturated heterocycles. The predicted octanol–water partition coefficient (Wildman–Crippen LogP) is 2.56. The van der Waals surface area contributed by atoms with Gasteiger partial charge in [-0.05, 0) is 42.7 Å². The molecule has 4 amide bonds. The molecule has 1 atom stereocenters. The monoisotopic (exact) mass is 382 g/mol. The molecule has 0 fully saturated rings. The summed E-state index contributed by atoms with van der Waals surface area (Å²) in [5, 5.41) is 8.13. The van der Waals surface area contributed by atoms with Crippen LogP contribution in [0.5, 0.6) is 0 Å². The molecule has 0 bridgehead atoms. The van der Waals surface area contributed by atoms with Crippen LogP contribution >= 0.6 is 0 Å². The lowest BCUT2D eigenvalue weighted by molar-refractivity contribution is -0.124. The summed E-state index contributed by atoms with van der Waals surface area (Å²) in [7, 11) is 0. The zero-order chi connectivity index (χ0) is 20.7. The summed E-state index contributed by atoms with van der Waals surface area (Å²) in [5.41, 5.74) is 8.01. The number of hydrogen-bond acceptors (Lipinski definition) is 3. The Morgan fingerprint density at radius 3 is 2.29 bits per heavy atom. The summed E-state index contributed by atoms with van der Waals surface area (Å²) in [4.78, 5) is 35.9. The molecule has 0 saturated carbocycles. The summed E-state index contributed by atoms with van der Waals surface area (Å²) in [6.07, 6.45) is 0. The molecule has 28 heavy (non-hydrogen) atoms. The summed E-state index contributed by atoms with van der Waals surface area (Å²) in [6.45, 7) is 5.98. The van der Waals surface area contributed by atoms with E-state index >= 15 is 0 Å². The molecule has 0 radical (unpaired) electrons. The molecule has 0 aliphatic rings. The van der Waals surface area contributed by atoms with Crippen molar-refractivity contribution in [3.63, 3.8) is 0 Å². The number of anilines is 1. The van der Waals surface area contributed by atoms with Crippen molar-refractivity contribution >= 4 is 23.5 Å². The quantitative estimate of drug-likeness (QED) is 0.590. The number of rotatable bonds is 7. The number of nitrogens with one attached hydrogen (secondary N) is 3. The van der Waals surface area contributed by atoms with Gasteiger partial charge < -0.3 is 21.7 Å². The molecular weight excluding hydrogens is 356 g/mol. The predicted molar refractivity (Wildman–Crippen MR) is 109 cm³/mol. The fraction of sp³-hybridized carbons (Fsp3) is 0.286. The van der Waals surface area contributed by atoms with E-state index in [1.54, 1.807) is 36.4 Å². The molecule has 2 rings (SSSR count). The summed E-state index contributed by atoms with van der Waals surface area (Å²) in [5.74, 6) is -0.606. The molecule has 0 spiro atoms. The van der Waals surface area contributed by atoms with Crippen LogP contribution in [0.15, 0.2) is 48.5 Å². The zero-order valence-electron chi connectivity index (χ0n) is 16.3. The molecule has 2 aromatic carbocycles. The number of carbonyl (C=O) groups is 3. The lowest BCUT2D eigenvalue weighted by Gasteiger charge is -2.22. The van der Waals surface area contributed by atoms with Crippen molar-refractivity contribution in [2.75, 3.05) is 5.32 Å². The van der Waals surface area contributed by atoms with Crippen LogP contribution in [0.1, 0.15) is 35.3 Å². The smallest absolute Gasteiger partial charge is 0.316 e. The first-order valence-electron chi connectivity index (χ1n) is 9.07. The number of aryl methyl sites for hydroxylation is 1. The van der Waals surface area contributed by atoms with E-state index < -0.39 is 12.1 Å². The zero-order valence-corrected chi connectivity index (χ0v) is 16.3. The Bertz CT molecular complexity index is 847. The van der Waals surface area contributed by atoms with E-state index in [9.17, 15) is 14.4 Å². The molecule has 1 unspecified atom stereocenters. The molecule has 5 N–H and O–H groups in total. The third-order valence-corrected chi connectivity index (χ3v) is 4.20. The van der Waals surface area contributed by atoms with E-state index in [1.807, 2.05) is 32.9 Å². The lowest BCUT2D eigenvalue weighted by Crippen LogP contribution is -2.49. The van der Waals surface area contributed by atoms with Crippen molar-refractivity contribution < 1.29 is 14.4 Å². The second-order valence-electron chi connectivity index (χ2n) is 6.97. The van der Waals surface area contributed by atoms with E-state index in [0.717, 1.165) is 11.1 Å². The highest BCUT2D eigenvalue weighted by Crippen LogP contribution is 2.10. The highest BCUT2D eigenvalue weighted by molar-refractivity contribution is 5.97. The molecule has 0 aliphatic heterocycles. The first kappa shape index (κ1) is 21.0. The van der Waals surface area contributed by atoms with E-state index in [4.69, 9.17) is 5.73 Å². The fourth-order valence-corrected chi connectivity index (χ4v) is 2.69. The molecule has 0 aromatic heterocycles. The maximum Gasteiger partial charge on any atom is 0.316 e. The number of urea groups is 1. The topological polar surface area (TPSA) is 113 Å². The van der Waals surface area contributed by atoms with Gasteiger partial charge in [-0.25, -0.2) is 4.79 Å². The normalized spacial score (nSPS) is 11.6. The van der Waals surface area contributed by atoms with Gasteiger partial charge in [-0.2, -0.15) is 0 Å². The minimum Gasteiger partial charge on any atom is -0.351 e. The third-order valence-electron chi connectivity index (χ3n) is 4.20. The number of carbonyl (C=O) groups excluding carboxylic acids is 3. The van der Waals surface area contributed by atoms with Crippen LogP contribution < -0.4 is 21.7 Å². The Morgan fingerprint density at radius 1 is 1.04 bits per heavy atom. The van der Waals surface area contributed by atoms with E-state index in [-0.39, 0.29) is 17.7 Å². The fourth-order valence-electron chi connectivity index (χ4n) is 2.69. The van der Waals surface area contributed by atoms with Crippen LogP contribution in [0, 0.1) is 12.8 Å². The van der Waals surface area contributed by atoms with Gasteiger partial charge in [0.15, 0.2) is 0 Å². The van der Waals surface area contributed by atoms with Crippen LogP contribution in [-0.4, -0.2) is 23.9 Å². The van der Waals surface area contributed by atoms with Crippen molar-refractivity contribution in [1.82, 2.24) is 10.6 Å². The van der Waals surface area contributed by atoms with Crippen molar-refractivity contribution in [3.05, 3.63) is 65.2 Å². The van der Waals surface area contributed by atoms with Gasteiger partial charge in [0, 0.05) is 17.8 Å². The van der Waals surface area contributed by atoms with Gasteiger partial charge in [0.25, 0.3) is 5.91 Å². The van der Waals surface area contributed by atoms with Gasteiger partial charge in [-0.3, -0.25) is 9.59 Å². The van der Waals surface area contributed by atoms with Crippen LogP contribution in [0.25, 0.3) is 0 Å². The molecule has 0 aliphatic carbocycles. The Balaban J connectivity index is 1.97. The molecule has 2 aromatic rings. The highest BCUT2D eigenvalue weighted by atomic mass is 16.2. The minimum atomic E-state index is -0.649. The van der Waals surface area contributed by atoms with Crippen molar-refractivity contribution in [1.29, 1.82) is 0 Å². The second-order valence-corrected chi connectivity index (χ2v) is 6.97. The largest absolute Gasteiger partial charge is 0.351 e. The second kappa shape index (κ2) is 9.55. The SMILES string of the molecule is Cc1cccc(C(=O)NC(C(=O)NCc2ccc(NC(N)=O)cc2)C(C)C)c1. The molecular formula is C21H26N4O3. The van der Waals surface area contributed by atoms with Crippen molar-refractivity contribution in [2.24, 2.45) is 11.7 Å².